The highest BCUT2D eigenvalue weighted by molar-refractivity contribution is 6.82. The van der Waals surface area contributed by atoms with E-state index >= 15 is 0 Å². The SMILES string of the molecule is CCC[Si](C)(C)C(C)(CC)O[Si](C)(C)C(C)(CC)O[Si](C)(C)CCCN. The number of nitrogens with two attached hydrogens (primary N) is 1. The molecule has 0 aromatic carbocycles. The van der Waals surface area contributed by atoms with Crippen molar-refractivity contribution >= 4 is 24.7 Å². The maximum Gasteiger partial charge on any atom is 0.216 e. The Labute approximate surface area is 168 Å². The number of hydrogen-bond acceptors (Lipinski definition) is 3. The molecular formula is C20H49NO2Si3. The molecule has 2 atom stereocenters. The third kappa shape index (κ3) is 6.55. The molecule has 0 rings (SSSR count). The van der Waals surface area contributed by atoms with Gasteiger partial charge in [-0.25, -0.2) is 0 Å². The quantitative estimate of drug-likeness (QED) is 0.355. The molecule has 0 spiro atoms. The predicted octanol–water partition coefficient (Wildman–Crippen LogP) is 6.31. The van der Waals surface area contributed by atoms with E-state index in [4.69, 9.17) is 14.6 Å². The van der Waals surface area contributed by atoms with Crippen LogP contribution < -0.4 is 5.73 Å². The Morgan fingerprint density at radius 1 is 0.769 bits per heavy atom. The van der Waals surface area contributed by atoms with Gasteiger partial charge in [-0.1, -0.05) is 46.3 Å². The lowest BCUT2D eigenvalue weighted by Crippen LogP contribution is -2.66. The first-order valence-electron chi connectivity index (χ1n) is 10.8. The molecule has 0 aromatic heterocycles. The van der Waals surface area contributed by atoms with Crippen molar-refractivity contribution in [1.82, 2.24) is 0 Å². The van der Waals surface area contributed by atoms with Crippen molar-refractivity contribution in [2.45, 2.75) is 122 Å². The highest BCUT2D eigenvalue weighted by Crippen LogP contribution is 2.41. The molecular weight excluding hydrogens is 370 g/mol. The summed E-state index contributed by atoms with van der Waals surface area (Å²) in [6.45, 7) is 26.8. The molecule has 0 radical (unpaired) electrons. The van der Waals surface area contributed by atoms with Gasteiger partial charge in [0.25, 0.3) is 0 Å². The maximum absolute atomic E-state index is 7.17. The lowest BCUT2D eigenvalue weighted by molar-refractivity contribution is 0.0751. The van der Waals surface area contributed by atoms with E-state index in [2.05, 4.69) is 73.9 Å². The molecule has 0 aromatic rings. The van der Waals surface area contributed by atoms with Crippen LogP contribution in [-0.2, 0) is 8.85 Å². The molecule has 0 bridgehead atoms. The summed E-state index contributed by atoms with van der Waals surface area (Å²) >= 11 is 0. The Hall–Kier alpha value is 0.531. The Bertz CT molecular complexity index is 429. The summed E-state index contributed by atoms with van der Waals surface area (Å²) in [5.41, 5.74) is 5.75. The summed E-state index contributed by atoms with van der Waals surface area (Å²) < 4.78 is 14.1. The third-order valence-electron chi connectivity index (χ3n) is 6.89. The summed E-state index contributed by atoms with van der Waals surface area (Å²) in [7, 11) is -5.32. The van der Waals surface area contributed by atoms with Gasteiger partial charge in [0.15, 0.2) is 8.32 Å². The van der Waals surface area contributed by atoms with Crippen LogP contribution in [0.1, 0.15) is 60.3 Å². The fourth-order valence-electron chi connectivity index (χ4n) is 4.06. The van der Waals surface area contributed by atoms with Crippen LogP contribution >= 0.6 is 0 Å². The van der Waals surface area contributed by atoms with Gasteiger partial charge in [0.1, 0.15) is 0 Å². The first-order chi connectivity index (χ1) is 11.7. The summed E-state index contributed by atoms with van der Waals surface area (Å²) in [6, 6.07) is 2.45. The van der Waals surface area contributed by atoms with Crippen molar-refractivity contribution in [2.24, 2.45) is 5.73 Å². The minimum Gasteiger partial charge on any atom is -0.412 e. The summed E-state index contributed by atoms with van der Waals surface area (Å²) in [5, 5.41) is -0.133. The van der Waals surface area contributed by atoms with Crippen LogP contribution in [0.15, 0.2) is 0 Å². The number of hydrogen-bond donors (Lipinski definition) is 1. The minimum atomic E-state index is -2.09. The van der Waals surface area contributed by atoms with Gasteiger partial charge < -0.3 is 14.6 Å². The molecule has 0 aliphatic carbocycles. The second-order valence-electron chi connectivity index (χ2n) is 10.2. The largest absolute Gasteiger partial charge is 0.412 e. The Kier molecular flexibility index (Phi) is 10.0. The van der Waals surface area contributed by atoms with Crippen molar-refractivity contribution in [2.75, 3.05) is 6.54 Å². The highest BCUT2D eigenvalue weighted by atomic mass is 28.4. The van der Waals surface area contributed by atoms with Gasteiger partial charge in [-0.3, -0.25) is 0 Å². The van der Waals surface area contributed by atoms with E-state index < -0.39 is 24.7 Å². The van der Waals surface area contributed by atoms with E-state index in [-0.39, 0.29) is 10.4 Å². The van der Waals surface area contributed by atoms with Crippen molar-refractivity contribution in [1.29, 1.82) is 0 Å². The van der Waals surface area contributed by atoms with Crippen molar-refractivity contribution in [3.05, 3.63) is 0 Å². The van der Waals surface area contributed by atoms with E-state index in [0.717, 1.165) is 31.9 Å². The second-order valence-corrected chi connectivity index (χ2v) is 24.0. The van der Waals surface area contributed by atoms with E-state index in [1.54, 1.807) is 0 Å². The molecule has 0 saturated heterocycles. The summed E-state index contributed by atoms with van der Waals surface area (Å²) in [6.07, 6.45) is 4.42. The van der Waals surface area contributed by atoms with Gasteiger partial charge in [0.05, 0.1) is 13.3 Å². The summed E-state index contributed by atoms with van der Waals surface area (Å²) in [5.74, 6) is 0. The molecule has 0 saturated carbocycles. The average Bonchev–Trinajstić information content (AvgIpc) is 2.51. The molecule has 0 aliphatic rings. The Balaban J connectivity index is 5.64. The molecule has 0 heterocycles. The van der Waals surface area contributed by atoms with Crippen LogP contribution in [-0.4, -0.2) is 41.7 Å². The molecule has 26 heavy (non-hydrogen) atoms. The normalized spacial score (nSPS) is 18.5. The van der Waals surface area contributed by atoms with E-state index in [1.165, 1.54) is 12.5 Å². The molecule has 2 unspecified atom stereocenters. The minimum absolute atomic E-state index is 0.0154. The van der Waals surface area contributed by atoms with Crippen LogP contribution in [0.3, 0.4) is 0 Å². The molecule has 3 nitrogen and oxygen atoms in total. The van der Waals surface area contributed by atoms with Crippen molar-refractivity contribution in [3.8, 4) is 0 Å². The van der Waals surface area contributed by atoms with Gasteiger partial charge in [0.2, 0.25) is 8.32 Å². The molecule has 0 fully saturated rings. The molecule has 6 heteroatoms. The fraction of sp³-hybridized carbons (Fsp3) is 1.00. The van der Waals surface area contributed by atoms with Crippen LogP contribution in [0.5, 0.6) is 0 Å². The zero-order chi connectivity index (χ0) is 20.9. The lowest BCUT2D eigenvalue weighted by atomic mass is 10.3. The predicted molar refractivity (Wildman–Crippen MR) is 126 cm³/mol. The van der Waals surface area contributed by atoms with E-state index in [1.807, 2.05) is 0 Å². The highest BCUT2D eigenvalue weighted by Gasteiger charge is 2.53. The molecule has 0 amide bonds. The molecule has 158 valence electrons. The van der Waals surface area contributed by atoms with Gasteiger partial charge in [-0.15, -0.1) is 0 Å². The molecule has 2 N–H and O–H groups in total. The lowest BCUT2D eigenvalue weighted by Gasteiger charge is -2.53. The van der Waals surface area contributed by atoms with Crippen LogP contribution in [0, 0.1) is 0 Å². The van der Waals surface area contributed by atoms with Crippen LogP contribution in [0.25, 0.3) is 0 Å². The Morgan fingerprint density at radius 2 is 1.27 bits per heavy atom. The van der Waals surface area contributed by atoms with E-state index in [9.17, 15) is 0 Å². The van der Waals surface area contributed by atoms with Crippen molar-refractivity contribution in [3.63, 3.8) is 0 Å². The smallest absolute Gasteiger partial charge is 0.216 e. The third-order valence-corrected chi connectivity index (χ3v) is 18.9. The topological polar surface area (TPSA) is 44.5 Å². The average molecular weight is 420 g/mol. The van der Waals surface area contributed by atoms with Crippen LogP contribution in [0.2, 0.25) is 51.4 Å². The first-order valence-corrected chi connectivity index (χ1v) is 20.0. The zero-order valence-corrected chi connectivity index (χ0v) is 22.8. The monoisotopic (exact) mass is 419 g/mol. The second kappa shape index (κ2) is 9.83. The fourth-order valence-corrected chi connectivity index (χ4v) is 15.3. The van der Waals surface area contributed by atoms with Gasteiger partial charge >= 0.3 is 0 Å². The molecule has 0 aliphatic heterocycles. The van der Waals surface area contributed by atoms with Crippen LogP contribution in [0.4, 0.5) is 0 Å². The first kappa shape index (κ1) is 26.5. The van der Waals surface area contributed by atoms with Gasteiger partial charge in [0, 0.05) is 5.22 Å². The zero-order valence-electron chi connectivity index (χ0n) is 19.8. The maximum atomic E-state index is 7.17. The van der Waals surface area contributed by atoms with E-state index in [0.29, 0.717) is 0 Å². The standard InChI is InChI=1S/C20H49NO2Si3/c1-12-17-24(6,7)19(4,13-2)23-26(10,11)20(5,14-3)22-25(8,9)18-15-16-21/h12-18,21H2,1-11H3. The number of rotatable bonds is 13. The Morgan fingerprint density at radius 3 is 1.65 bits per heavy atom. The van der Waals surface area contributed by atoms with Crippen molar-refractivity contribution < 1.29 is 8.85 Å². The summed E-state index contributed by atoms with van der Waals surface area (Å²) in [4.78, 5) is 0. The van der Waals surface area contributed by atoms with Gasteiger partial charge in [-0.2, -0.15) is 0 Å². The van der Waals surface area contributed by atoms with Gasteiger partial charge in [-0.05, 0) is 71.9 Å².